The molecule has 0 aromatic carbocycles. The lowest BCUT2D eigenvalue weighted by molar-refractivity contribution is -0.128. The molecule has 1 aliphatic carbocycles. The third-order valence-corrected chi connectivity index (χ3v) is 2.83. The van der Waals surface area contributed by atoms with Crippen molar-refractivity contribution in [2.24, 2.45) is 11.7 Å². The Morgan fingerprint density at radius 2 is 1.68 bits per heavy atom. The zero-order valence-electron chi connectivity index (χ0n) is 11.4. The summed E-state index contributed by atoms with van der Waals surface area (Å²) in [7, 11) is 0. The fraction of sp³-hybridized carbons (Fsp3) is 0.750. The van der Waals surface area contributed by atoms with Gasteiger partial charge in [0.2, 0.25) is 17.7 Å². The highest BCUT2D eigenvalue weighted by molar-refractivity contribution is 5.89. The van der Waals surface area contributed by atoms with E-state index in [4.69, 9.17) is 5.73 Å². The lowest BCUT2D eigenvalue weighted by atomic mass is 10.1. The Morgan fingerprint density at radius 1 is 1.11 bits per heavy atom. The van der Waals surface area contributed by atoms with Crippen LogP contribution in [0.1, 0.15) is 26.7 Å². The van der Waals surface area contributed by atoms with Crippen LogP contribution in [0.5, 0.6) is 0 Å². The summed E-state index contributed by atoms with van der Waals surface area (Å²) in [6.45, 7) is 3.41. The van der Waals surface area contributed by atoms with E-state index in [1.165, 1.54) is 0 Å². The predicted octanol–water partition coefficient (Wildman–Crippen LogP) is -1.52. The number of nitrogens with one attached hydrogen (secondary N) is 3. The summed E-state index contributed by atoms with van der Waals surface area (Å²) in [6.07, 6.45) is 2.01. The number of carbonyl (C=O) groups is 3. The van der Waals surface area contributed by atoms with Crippen LogP contribution in [0.4, 0.5) is 0 Å². The lowest BCUT2D eigenvalue weighted by Crippen LogP contribution is -2.48. The molecule has 19 heavy (non-hydrogen) atoms. The van der Waals surface area contributed by atoms with Crippen LogP contribution in [0.2, 0.25) is 0 Å². The van der Waals surface area contributed by atoms with Gasteiger partial charge in [-0.3, -0.25) is 14.4 Å². The van der Waals surface area contributed by atoms with Gasteiger partial charge < -0.3 is 21.7 Å². The number of hydrogen-bond donors (Lipinski definition) is 4. The van der Waals surface area contributed by atoms with Crippen LogP contribution in [-0.4, -0.2) is 42.9 Å². The Kier molecular flexibility index (Phi) is 5.75. The first-order chi connectivity index (χ1) is 8.90. The van der Waals surface area contributed by atoms with Crippen LogP contribution < -0.4 is 21.7 Å². The Labute approximate surface area is 112 Å². The van der Waals surface area contributed by atoms with Crippen LogP contribution in [0.3, 0.4) is 0 Å². The minimum absolute atomic E-state index is 0.00683. The molecule has 0 saturated heterocycles. The Bertz CT molecular complexity index is 353. The second kappa shape index (κ2) is 7.08. The van der Waals surface area contributed by atoms with Gasteiger partial charge in [0.1, 0.15) is 0 Å². The van der Waals surface area contributed by atoms with E-state index in [1.807, 2.05) is 13.8 Å². The Balaban J connectivity index is 2.13. The summed E-state index contributed by atoms with van der Waals surface area (Å²) in [6, 6.07) is -0.362. The van der Waals surface area contributed by atoms with E-state index >= 15 is 0 Å². The van der Waals surface area contributed by atoms with Crippen LogP contribution in [-0.2, 0) is 14.4 Å². The number of amides is 3. The number of rotatable bonds is 7. The Morgan fingerprint density at radius 3 is 2.21 bits per heavy atom. The quantitative estimate of drug-likeness (QED) is 0.450. The van der Waals surface area contributed by atoms with E-state index in [0.717, 1.165) is 12.8 Å². The lowest BCUT2D eigenvalue weighted by Gasteiger charge is -2.15. The van der Waals surface area contributed by atoms with Crippen molar-refractivity contribution >= 4 is 17.7 Å². The molecule has 1 fully saturated rings. The minimum Gasteiger partial charge on any atom is -0.352 e. The van der Waals surface area contributed by atoms with Crippen LogP contribution >= 0.6 is 0 Å². The van der Waals surface area contributed by atoms with Crippen molar-refractivity contribution < 1.29 is 14.4 Å². The van der Waals surface area contributed by atoms with E-state index in [9.17, 15) is 14.4 Å². The largest absolute Gasteiger partial charge is 0.352 e. The molecule has 5 N–H and O–H groups in total. The van der Waals surface area contributed by atoms with Gasteiger partial charge in [-0.1, -0.05) is 13.8 Å². The van der Waals surface area contributed by atoms with Gasteiger partial charge in [0, 0.05) is 6.04 Å². The Hall–Kier alpha value is -1.63. The summed E-state index contributed by atoms with van der Waals surface area (Å²) in [5.74, 6) is -0.976. The first-order valence-corrected chi connectivity index (χ1v) is 6.49. The third kappa shape index (κ3) is 6.19. The van der Waals surface area contributed by atoms with Gasteiger partial charge in [-0.25, -0.2) is 0 Å². The summed E-state index contributed by atoms with van der Waals surface area (Å²) in [4.78, 5) is 34.2. The summed E-state index contributed by atoms with van der Waals surface area (Å²) in [5.41, 5.74) is 5.62. The average Bonchev–Trinajstić information content (AvgIpc) is 3.16. The molecule has 1 saturated carbocycles. The van der Waals surface area contributed by atoms with Crippen molar-refractivity contribution in [3.63, 3.8) is 0 Å². The fourth-order valence-electron chi connectivity index (χ4n) is 1.34. The van der Waals surface area contributed by atoms with Gasteiger partial charge >= 0.3 is 0 Å². The SMILES string of the molecule is CC(C)[C@H](N)C(=O)NCC(=O)NCC(=O)NC1CC1. The van der Waals surface area contributed by atoms with Gasteiger partial charge in [0.15, 0.2) is 0 Å². The maximum atomic E-state index is 11.5. The molecule has 0 aliphatic heterocycles. The molecule has 1 atom stereocenters. The normalized spacial score (nSPS) is 15.8. The molecule has 0 spiro atoms. The maximum absolute atomic E-state index is 11.5. The summed E-state index contributed by atoms with van der Waals surface area (Å²) < 4.78 is 0. The maximum Gasteiger partial charge on any atom is 0.239 e. The van der Waals surface area contributed by atoms with E-state index < -0.39 is 11.9 Å². The molecule has 1 aliphatic rings. The van der Waals surface area contributed by atoms with E-state index in [2.05, 4.69) is 16.0 Å². The van der Waals surface area contributed by atoms with Gasteiger partial charge in [0.25, 0.3) is 0 Å². The van der Waals surface area contributed by atoms with Crippen molar-refractivity contribution in [1.82, 2.24) is 16.0 Å². The monoisotopic (exact) mass is 270 g/mol. The smallest absolute Gasteiger partial charge is 0.239 e. The molecule has 108 valence electrons. The van der Waals surface area contributed by atoms with Gasteiger partial charge in [-0.2, -0.15) is 0 Å². The minimum atomic E-state index is -0.633. The van der Waals surface area contributed by atoms with Gasteiger partial charge in [-0.05, 0) is 18.8 Å². The zero-order chi connectivity index (χ0) is 14.4. The first-order valence-electron chi connectivity index (χ1n) is 6.49. The molecule has 0 unspecified atom stereocenters. The van der Waals surface area contributed by atoms with E-state index in [-0.39, 0.29) is 36.9 Å². The van der Waals surface area contributed by atoms with Gasteiger partial charge in [-0.15, -0.1) is 0 Å². The number of carbonyl (C=O) groups excluding carboxylic acids is 3. The standard InChI is InChI=1S/C12H22N4O3/c1-7(2)11(13)12(19)15-5-9(17)14-6-10(18)16-8-3-4-8/h7-8,11H,3-6,13H2,1-2H3,(H,14,17)(H,15,19)(H,16,18)/t11-/m0/s1. The van der Waals surface area contributed by atoms with Crippen molar-refractivity contribution in [3.05, 3.63) is 0 Å². The number of hydrogen-bond acceptors (Lipinski definition) is 4. The van der Waals surface area contributed by atoms with Crippen LogP contribution in [0.15, 0.2) is 0 Å². The molecular formula is C12H22N4O3. The molecule has 0 bridgehead atoms. The highest BCUT2D eigenvalue weighted by Crippen LogP contribution is 2.18. The van der Waals surface area contributed by atoms with Crippen molar-refractivity contribution in [2.75, 3.05) is 13.1 Å². The van der Waals surface area contributed by atoms with Crippen LogP contribution in [0.25, 0.3) is 0 Å². The molecule has 7 heteroatoms. The molecule has 0 radical (unpaired) electrons. The summed E-state index contributed by atoms with van der Waals surface area (Å²) >= 11 is 0. The first kappa shape index (κ1) is 15.4. The highest BCUT2D eigenvalue weighted by atomic mass is 16.2. The highest BCUT2D eigenvalue weighted by Gasteiger charge is 2.23. The van der Waals surface area contributed by atoms with Gasteiger partial charge in [0.05, 0.1) is 19.1 Å². The van der Waals surface area contributed by atoms with Crippen molar-refractivity contribution in [3.8, 4) is 0 Å². The predicted molar refractivity (Wildman–Crippen MR) is 70.0 cm³/mol. The molecule has 1 rings (SSSR count). The second-order valence-corrected chi connectivity index (χ2v) is 5.11. The van der Waals surface area contributed by atoms with Crippen molar-refractivity contribution in [2.45, 2.75) is 38.8 Å². The van der Waals surface area contributed by atoms with Crippen molar-refractivity contribution in [1.29, 1.82) is 0 Å². The molecule has 7 nitrogen and oxygen atoms in total. The van der Waals surface area contributed by atoms with E-state index in [1.54, 1.807) is 0 Å². The molecule has 3 amide bonds. The van der Waals surface area contributed by atoms with E-state index in [0.29, 0.717) is 0 Å². The molecule has 0 aromatic rings. The third-order valence-electron chi connectivity index (χ3n) is 2.83. The molecule has 0 heterocycles. The molecular weight excluding hydrogens is 248 g/mol. The number of nitrogens with two attached hydrogens (primary N) is 1. The zero-order valence-corrected chi connectivity index (χ0v) is 11.4. The second-order valence-electron chi connectivity index (χ2n) is 5.11. The summed E-state index contributed by atoms with van der Waals surface area (Å²) in [5, 5.41) is 7.61. The molecule has 0 aromatic heterocycles. The fourth-order valence-corrected chi connectivity index (χ4v) is 1.34. The average molecular weight is 270 g/mol. The van der Waals surface area contributed by atoms with Crippen LogP contribution in [0, 0.1) is 5.92 Å². The topological polar surface area (TPSA) is 113 Å².